The Morgan fingerprint density at radius 2 is 2.00 bits per heavy atom. The smallest absolute Gasteiger partial charge is 0.131 e. The number of hydrogen-bond donors (Lipinski definition) is 0. The van der Waals surface area contributed by atoms with Crippen molar-refractivity contribution in [2.75, 3.05) is 0 Å². The minimum absolute atomic E-state index is 0.241. The second-order valence-corrected chi connectivity index (χ2v) is 6.60. The van der Waals surface area contributed by atoms with Crippen molar-refractivity contribution in [1.29, 1.82) is 0 Å². The minimum atomic E-state index is 0.241. The largest absolute Gasteiger partial charge is 0.300 e. The van der Waals surface area contributed by atoms with E-state index in [-0.39, 0.29) is 11.0 Å². The Kier molecular flexibility index (Phi) is 4.61. The van der Waals surface area contributed by atoms with Crippen LogP contribution in [0.4, 0.5) is 0 Å². The number of hydrogen-bond acceptors (Lipinski definition) is 3. The molecule has 0 bridgehead atoms. The lowest BCUT2D eigenvalue weighted by molar-refractivity contribution is -0.117. The second kappa shape index (κ2) is 6.21. The summed E-state index contributed by atoms with van der Waals surface area (Å²) >= 11 is 3.50. The fourth-order valence-corrected chi connectivity index (χ4v) is 3.87. The molecule has 0 spiro atoms. The average molecular weight is 276 g/mol. The van der Waals surface area contributed by atoms with Crippen LogP contribution in [-0.2, 0) is 4.79 Å². The zero-order chi connectivity index (χ0) is 13.0. The van der Waals surface area contributed by atoms with Crippen LogP contribution < -0.4 is 0 Å². The molecule has 1 nitrogen and oxygen atoms in total. The fraction of sp³-hybridized carbons (Fsp3) is 0.267. The third kappa shape index (κ3) is 3.72. The lowest BCUT2D eigenvalue weighted by Crippen LogP contribution is -1.99. The normalized spacial score (nSPS) is 12.3. The van der Waals surface area contributed by atoms with Gasteiger partial charge >= 0.3 is 0 Å². The van der Waals surface area contributed by atoms with Crippen LogP contribution in [0.5, 0.6) is 0 Å². The van der Waals surface area contributed by atoms with Crippen molar-refractivity contribution in [2.24, 2.45) is 0 Å². The molecule has 0 aliphatic carbocycles. The molecule has 1 atom stereocenters. The van der Waals surface area contributed by atoms with Crippen molar-refractivity contribution in [3.63, 3.8) is 0 Å². The van der Waals surface area contributed by atoms with Crippen LogP contribution in [0.15, 0.2) is 46.7 Å². The molecule has 0 radical (unpaired) electrons. The van der Waals surface area contributed by atoms with Gasteiger partial charge in [0.25, 0.3) is 0 Å². The van der Waals surface area contributed by atoms with E-state index in [0.717, 1.165) is 0 Å². The summed E-state index contributed by atoms with van der Waals surface area (Å²) in [5.74, 6) is 0.244. The SMILES string of the molecule is CC(=O)CC(Sc1ccc(C)cc1)c1cccs1. The van der Waals surface area contributed by atoms with E-state index in [1.165, 1.54) is 15.3 Å². The van der Waals surface area contributed by atoms with E-state index in [2.05, 4.69) is 42.6 Å². The third-order valence-electron chi connectivity index (χ3n) is 2.63. The summed E-state index contributed by atoms with van der Waals surface area (Å²) < 4.78 is 0. The molecule has 0 N–H and O–H groups in total. The first kappa shape index (κ1) is 13.4. The van der Waals surface area contributed by atoms with Gasteiger partial charge in [-0.3, -0.25) is 4.79 Å². The molecule has 2 aromatic rings. The van der Waals surface area contributed by atoms with Crippen molar-refractivity contribution in [1.82, 2.24) is 0 Å². The lowest BCUT2D eigenvalue weighted by Gasteiger charge is -2.13. The topological polar surface area (TPSA) is 17.1 Å². The molecular formula is C15H16OS2. The van der Waals surface area contributed by atoms with Crippen LogP contribution in [0.3, 0.4) is 0 Å². The number of thioether (sulfide) groups is 1. The molecule has 1 aromatic heterocycles. The van der Waals surface area contributed by atoms with Gasteiger partial charge in [0.05, 0.1) is 5.25 Å². The van der Waals surface area contributed by atoms with Gasteiger partial charge in [-0.1, -0.05) is 23.8 Å². The lowest BCUT2D eigenvalue weighted by atomic mass is 10.2. The van der Waals surface area contributed by atoms with Gasteiger partial charge < -0.3 is 0 Å². The Bertz CT molecular complexity index is 500. The highest BCUT2D eigenvalue weighted by molar-refractivity contribution is 7.99. The zero-order valence-corrected chi connectivity index (χ0v) is 12.2. The molecule has 3 heteroatoms. The number of Topliss-reactive ketones (excluding diaryl/α,β-unsaturated/α-hetero) is 1. The van der Waals surface area contributed by atoms with Gasteiger partial charge in [0.1, 0.15) is 5.78 Å². The van der Waals surface area contributed by atoms with Crippen LogP contribution in [-0.4, -0.2) is 5.78 Å². The molecule has 0 aliphatic heterocycles. The van der Waals surface area contributed by atoms with Gasteiger partial charge in [-0.2, -0.15) is 0 Å². The van der Waals surface area contributed by atoms with E-state index in [0.29, 0.717) is 6.42 Å². The Morgan fingerprint density at radius 1 is 1.28 bits per heavy atom. The molecule has 0 saturated heterocycles. The number of thiophene rings is 1. The van der Waals surface area contributed by atoms with Crippen molar-refractivity contribution in [2.45, 2.75) is 30.4 Å². The molecule has 1 heterocycles. The summed E-state index contributed by atoms with van der Waals surface area (Å²) in [5, 5.41) is 2.31. The van der Waals surface area contributed by atoms with Gasteiger partial charge in [-0.05, 0) is 37.4 Å². The predicted molar refractivity (Wildman–Crippen MR) is 79.4 cm³/mol. The quantitative estimate of drug-likeness (QED) is 0.725. The molecule has 0 amide bonds. The molecule has 18 heavy (non-hydrogen) atoms. The first-order chi connectivity index (χ1) is 8.65. The summed E-state index contributed by atoms with van der Waals surface area (Å²) in [6, 6.07) is 12.6. The van der Waals surface area contributed by atoms with Crippen molar-refractivity contribution in [3.8, 4) is 0 Å². The highest BCUT2D eigenvalue weighted by atomic mass is 32.2. The Balaban J connectivity index is 2.15. The van der Waals surface area contributed by atoms with Crippen LogP contribution >= 0.6 is 23.1 Å². The monoisotopic (exact) mass is 276 g/mol. The van der Waals surface area contributed by atoms with Gasteiger partial charge in [-0.15, -0.1) is 23.1 Å². The van der Waals surface area contributed by atoms with E-state index in [1.54, 1.807) is 30.0 Å². The van der Waals surface area contributed by atoms with E-state index in [4.69, 9.17) is 0 Å². The number of carbonyl (C=O) groups excluding carboxylic acids is 1. The summed E-state index contributed by atoms with van der Waals surface area (Å²) in [6.07, 6.45) is 0.596. The first-order valence-electron chi connectivity index (χ1n) is 5.91. The number of carbonyl (C=O) groups is 1. The number of aryl methyl sites for hydroxylation is 1. The van der Waals surface area contributed by atoms with E-state index in [1.807, 2.05) is 6.07 Å². The number of ketones is 1. The van der Waals surface area contributed by atoms with E-state index in [9.17, 15) is 4.79 Å². The predicted octanol–water partition coefficient (Wildman–Crippen LogP) is 4.87. The van der Waals surface area contributed by atoms with Crippen LogP contribution in [0.25, 0.3) is 0 Å². The maximum Gasteiger partial charge on any atom is 0.131 e. The summed E-state index contributed by atoms with van der Waals surface area (Å²) in [4.78, 5) is 13.9. The molecule has 2 rings (SSSR count). The molecule has 1 aromatic carbocycles. The van der Waals surface area contributed by atoms with Gasteiger partial charge in [0.2, 0.25) is 0 Å². The molecule has 1 unspecified atom stereocenters. The highest BCUT2D eigenvalue weighted by Crippen LogP contribution is 2.39. The zero-order valence-electron chi connectivity index (χ0n) is 10.6. The first-order valence-corrected chi connectivity index (χ1v) is 7.67. The minimum Gasteiger partial charge on any atom is -0.300 e. The van der Waals surface area contributed by atoms with Crippen LogP contribution in [0.2, 0.25) is 0 Å². The summed E-state index contributed by atoms with van der Waals surface area (Å²) in [7, 11) is 0. The van der Waals surface area contributed by atoms with Gasteiger partial charge in [0, 0.05) is 16.2 Å². The Morgan fingerprint density at radius 3 is 2.56 bits per heavy atom. The molecule has 0 saturated carbocycles. The summed E-state index contributed by atoms with van der Waals surface area (Å²) in [5.41, 5.74) is 1.26. The standard InChI is InChI=1S/C15H16OS2/c1-11-5-7-13(8-6-11)18-15(10-12(2)16)14-4-3-9-17-14/h3-9,15H,10H2,1-2H3. The Labute approximate surface area is 116 Å². The van der Waals surface area contributed by atoms with Crippen molar-refractivity contribution in [3.05, 3.63) is 52.2 Å². The van der Waals surface area contributed by atoms with E-state index >= 15 is 0 Å². The maximum absolute atomic E-state index is 11.4. The maximum atomic E-state index is 11.4. The molecule has 94 valence electrons. The van der Waals surface area contributed by atoms with Crippen LogP contribution in [0, 0.1) is 6.92 Å². The average Bonchev–Trinajstić information content (AvgIpc) is 2.84. The van der Waals surface area contributed by atoms with Crippen LogP contribution in [0.1, 0.15) is 29.0 Å². The molecular weight excluding hydrogens is 260 g/mol. The highest BCUT2D eigenvalue weighted by Gasteiger charge is 2.16. The number of benzene rings is 1. The number of rotatable bonds is 5. The molecule has 0 fully saturated rings. The van der Waals surface area contributed by atoms with Crippen molar-refractivity contribution >= 4 is 28.9 Å². The second-order valence-electron chi connectivity index (χ2n) is 4.34. The molecule has 0 aliphatic rings. The Hall–Kier alpha value is -1.06. The van der Waals surface area contributed by atoms with Crippen molar-refractivity contribution < 1.29 is 4.79 Å². The third-order valence-corrected chi connectivity index (χ3v) is 5.02. The van der Waals surface area contributed by atoms with Gasteiger partial charge in [-0.25, -0.2) is 0 Å². The van der Waals surface area contributed by atoms with E-state index < -0.39 is 0 Å². The fourth-order valence-electron chi connectivity index (χ4n) is 1.72. The van der Waals surface area contributed by atoms with Gasteiger partial charge in [0.15, 0.2) is 0 Å². The summed E-state index contributed by atoms with van der Waals surface area (Å²) in [6.45, 7) is 3.75.